The number of hydrogen-bond donors (Lipinski definition) is 2. The maximum atomic E-state index is 11.9. The summed E-state index contributed by atoms with van der Waals surface area (Å²) in [4.78, 5) is 22.7. The Kier molecular flexibility index (Phi) is 3.89. The lowest BCUT2D eigenvalue weighted by Gasteiger charge is -2.13. The molecular formula is C15H15NO4. The van der Waals surface area contributed by atoms with E-state index in [0.29, 0.717) is 0 Å². The van der Waals surface area contributed by atoms with Gasteiger partial charge in [-0.15, -0.1) is 0 Å². The van der Waals surface area contributed by atoms with Crippen molar-refractivity contribution in [2.45, 2.75) is 19.9 Å². The standard InChI is InChI=1S/C15H15NO4/c1-9-3-5-11(6-4-9)10(2)16-14(17)13-7-12(8-20-13)15(18)19/h3-8,10H,1-2H3,(H,16,17)(H,18,19). The molecule has 0 aliphatic rings. The summed E-state index contributed by atoms with van der Waals surface area (Å²) in [6.45, 7) is 3.84. The summed E-state index contributed by atoms with van der Waals surface area (Å²) < 4.78 is 4.95. The number of hydrogen-bond acceptors (Lipinski definition) is 3. The first-order valence-electron chi connectivity index (χ1n) is 6.16. The summed E-state index contributed by atoms with van der Waals surface area (Å²) in [7, 11) is 0. The molecule has 104 valence electrons. The highest BCUT2D eigenvalue weighted by atomic mass is 16.4. The van der Waals surface area contributed by atoms with E-state index < -0.39 is 11.9 Å². The number of aryl methyl sites for hydroxylation is 1. The quantitative estimate of drug-likeness (QED) is 0.897. The normalized spacial score (nSPS) is 11.9. The van der Waals surface area contributed by atoms with Crippen LogP contribution in [-0.2, 0) is 0 Å². The molecule has 2 N–H and O–H groups in total. The first kappa shape index (κ1) is 13.9. The predicted octanol–water partition coefficient (Wildman–Crippen LogP) is 2.78. The molecule has 5 nitrogen and oxygen atoms in total. The second-order valence-electron chi connectivity index (χ2n) is 4.61. The number of benzene rings is 1. The number of aromatic carboxylic acids is 1. The van der Waals surface area contributed by atoms with E-state index in [9.17, 15) is 9.59 Å². The Morgan fingerprint density at radius 3 is 2.45 bits per heavy atom. The first-order chi connectivity index (χ1) is 9.47. The number of carboxylic acids is 1. The summed E-state index contributed by atoms with van der Waals surface area (Å²) >= 11 is 0. The summed E-state index contributed by atoms with van der Waals surface area (Å²) in [5.74, 6) is -1.58. The zero-order valence-corrected chi connectivity index (χ0v) is 11.2. The topological polar surface area (TPSA) is 79.5 Å². The van der Waals surface area contributed by atoms with Crippen molar-refractivity contribution < 1.29 is 19.1 Å². The summed E-state index contributed by atoms with van der Waals surface area (Å²) in [5, 5.41) is 11.5. The van der Waals surface area contributed by atoms with Gasteiger partial charge in [-0.2, -0.15) is 0 Å². The zero-order chi connectivity index (χ0) is 14.7. The summed E-state index contributed by atoms with van der Waals surface area (Å²) in [6, 6.07) is 8.82. The maximum Gasteiger partial charge on any atom is 0.338 e. The van der Waals surface area contributed by atoms with Crippen molar-refractivity contribution in [2.75, 3.05) is 0 Å². The molecule has 0 saturated heterocycles. The maximum absolute atomic E-state index is 11.9. The molecule has 0 spiro atoms. The lowest BCUT2D eigenvalue weighted by atomic mass is 10.1. The van der Waals surface area contributed by atoms with E-state index in [1.807, 2.05) is 38.1 Å². The van der Waals surface area contributed by atoms with E-state index in [0.717, 1.165) is 17.4 Å². The number of nitrogens with one attached hydrogen (secondary N) is 1. The molecule has 5 heteroatoms. The first-order valence-corrected chi connectivity index (χ1v) is 6.16. The number of carboxylic acid groups (broad SMARTS) is 1. The van der Waals surface area contributed by atoms with Crippen LogP contribution in [0.1, 0.15) is 45.0 Å². The average molecular weight is 273 g/mol. The smallest absolute Gasteiger partial charge is 0.338 e. The molecule has 0 fully saturated rings. The fourth-order valence-corrected chi connectivity index (χ4v) is 1.77. The van der Waals surface area contributed by atoms with Crippen molar-refractivity contribution in [3.8, 4) is 0 Å². The van der Waals surface area contributed by atoms with Crippen LogP contribution in [0.5, 0.6) is 0 Å². The van der Waals surface area contributed by atoms with Crippen LogP contribution in [0.2, 0.25) is 0 Å². The van der Waals surface area contributed by atoms with Crippen molar-refractivity contribution in [2.24, 2.45) is 0 Å². The molecule has 0 bridgehead atoms. The molecule has 0 saturated carbocycles. The van der Waals surface area contributed by atoms with Crippen LogP contribution in [0.3, 0.4) is 0 Å². The molecule has 20 heavy (non-hydrogen) atoms. The van der Waals surface area contributed by atoms with Crippen molar-refractivity contribution in [1.29, 1.82) is 0 Å². The van der Waals surface area contributed by atoms with E-state index in [1.54, 1.807) is 0 Å². The van der Waals surface area contributed by atoms with E-state index >= 15 is 0 Å². The van der Waals surface area contributed by atoms with Gasteiger partial charge in [0.2, 0.25) is 0 Å². The van der Waals surface area contributed by atoms with Gasteiger partial charge < -0.3 is 14.8 Å². The molecule has 1 unspecified atom stereocenters. The molecule has 0 aliphatic heterocycles. The van der Waals surface area contributed by atoms with Crippen molar-refractivity contribution in [1.82, 2.24) is 5.32 Å². The molecule has 0 aliphatic carbocycles. The van der Waals surface area contributed by atoms with E-state index in [1.165, 1.54) is 6.07 Å². The van der Waals surface area contributed by atoms with Crippen LogP contribution < -0.4 is 5.32 Å². The minimum absolute atomic E-state index is 0.0126. The molecule has 1 aromatic carbocycles. The number of rotatable bonds is 4. The molecule has 0 radical (unpaired) electrons. The Morgan fingerprint density at radius 2 is 1.90 bits per heavy atom. The van der Waals surface area contributed by atoms with Crippen LogP contribution in [0.4, 0.5) is 0 Å². The Morgan fingerprint density at radius 1 is 1.25 bits per heavy atom. The van der Waals surface area contributed by atoms with Gasteiger partial charge in [-0.3, -0.25) is 4.79 Å². The molecule has 2 aromatic rings. The Bertz CT molecular complexity index is 628. The van der Waals surface area contributed by atoms with E-state index in [4.69, 9.17) is 9.52 Å². The van der Waals surface area contributed by atoms with Gasteiger partial charge in [-0.05, 0) is 19.4 Å². The predicted molar refractivity (Wildman–Crippen MR) is 72.7 cm³/mol. The number of carbonyl (C=O) groups is 2. The SMILES string of the molecule is Cc1ccc(C(C)NC(=O)c2cc(C(=O)O)co2)cc1. The van der Waals surface area contributed by atoms with Crippen molar-refractivity contribution in [3.63, 3.8) is 0 Å². The number of furan rings is 1. The van der Waals surface area contributed by atoms with E-state index in [2.05, 4.69) is 5.32 Å². The molecular weight excluding hydrogens is 258 g/mol. The highest BCUT2D eigenvalue weighted by Gasteiger charge is 2.17. The monoisotopic (exact) mass is 273 g/mol. The third-order valence-corrected chi connectivity index (χ3v) is 3.00. The Hall–Kier alpha value is -2.56. The molecule has 1 atom stereocenters. The highest BCUT2D eigenvalue weighted by molar-refractivity contribution is 5.95. The fraction of sp³-hybridized carbons (Fsp3) is 0.200. The van der Waals surface area contributed by atoms with Crippen LogP contribution in [-0.4, -0.2) is 17.0 Å². The summed E-state index contributed by atoms with van der Waals surface area (Å²) in [6.07, 6.45) is 1.05. The largest absolute Gasteiger partial charge is 0.478 e. The van der Waals surface area contributed by atoms with Gasteiger partial charge in [0, 0.05) is 6.07 Å². The van der Waals surface area contributed by atoms with Crippen LogP contribution in [0.25, 0.3) is 0 Å². The minimum atomic E-state index is -1.13. The van der Waals surface area contributed by atoms with Gasteiger partial charge in [-0.25, -0.2) is 4.79 Å². The van der Waals surface area contributed by atoms with Crippen LogP contribution >= 0.6 is 0 Å². The van der Waals surface area contributed by atoms with Crippen molar-refractivity contribution >= 4 is 11.9 Å². The van der Waals surface area contributed by atoms with Gasteiger partial charge in [0.1, 0.15) is 6.26 Å². The number of amides is 1. The fourth-order valence-electron chi connectivity index (χ4n) is 1.77. The van der Waals surface area contributed by atoms with Gasteiger partial charge in [0.05, 0.1) is 11.6 Å². The van der Waals surface area contributed by atoms with Gasteiger partial charge >= 0.3 is 5.97 Å². The second-order valence-corrected chi connectivity index (χ2v) is 4.61. The van der Waals surface area contributed by atoms with Crippen LogP contribution in [0, 0.1) is 6.92 Å². The van der Waals surface area contributed by atoms with Gasteiger partial charge in [-0.1, -0.05) is 29.8 Å². The minimum Gasteiger partial charge on any atom is -0.478 e. The van der Waals surface area contributed by atoms with Gasteiger partial charge in [0.15, 0.2) is 5.76 Å². The third-order valence-electron chi connectivity index (χ3n) is 3.00. The van der Waals surface area contributed by atoms with Crippen molar-refractivity contribution in [3.05, 3.63) is 59.0 Å². The second kappa shape index (κ2) is 5.61. The summed E-state index contributed by atoms with van der Waals surface area (Å²) in [5.41, 5.74) is 2.07. The lowest BCUT2D eigenvalue weighted by Crippen LogP contribution is -2.26. The third kappa shape index (κ3) is 3.06. The molecule has 1 heterocycles. The lowest BCUT2D eigenvalue weighted by molar-refractivity contribution is 0.0695. The number of carbonyl (C=O) groups excluding carboxylic acids is 1. The zero-order valence-electron chi connectivity index (χ0n) is 11.2. The highest BCUT2D eigenvalue weighted by Crippen LogP contribution is 2.15. The average Bonchev–Trinajstić information content (AvgIpc) is 2.89. The van der Waals surface area contributed by atoms with E-state index in [-0.39, 0.29) is 17.4 Å². The molecule has 1 aromatic heterocycles. The Balaban J connectivity index is 2.06. The molecule has 2 rings (SSSR count). The van der Waals surface area contributed by atoms with Crippen LogP contribution in [0.15, 0.2) is 41.0 Å². The molecule has 1 amide bonds. The van der Waals surface area contributed by atoms with Gasteiger partial charge in [0.25, 0.3) is 5.91 Å². The Labute approximate surface area is 116 Å².